The van der Waals surface area contributed by atoms with E-state index >= 15 is 0 Å². The van der Waals surface area contributed by atoms with Gasteiger partial charge in [-0.2, -0.15) is 18.2 Å². The van der Waals surface area contributed by atoms with E-state index in [1.807, 2.05) is 18.2 Å². The number of nitrogens with one attached hydrogen (secondary N) is 1. The first-order chi connectivity index (χ1) is 13.2. The zero-order valence-corrected chi connectivity index (χ0v) is 14.6. The molecule has 1 amide bonds. The molecule has 1 N–H and O–H groups in total. The molecule has 0 radical (unpaired) electrons. The fourth-order valence-electron chi connectivity index (χ4n) is 2.53. The molecule has 0 aliphatic rings. The molecule has 0 aliphatic carbocycles. The number of carbonyl (C=O) groups excluding carboxylic acids is 1. The molecular formula is C19H15F4N3O2. The SMILES string of the molecule is CC(Cc1nc(-c2ccccc2)no1)NC(=O)c1cc(C(F)(F)F)ccc1F. The Kier molecular flexibility index (Phi) is 5.43. The molecule has 2 aromatic carbocycles. The summed E-state index contributed by atoms with van der Waals surface area (Å²) in [5.41, 5.74) is -1.03. The first-order valence-corrected chi connectivity index (χ1v) is 8.29. The summed E-state index contributed by atoms with van der Waals surface area (Å²) in [7, 11) is 0. The Hall–Kier alpha value is -3.23. The maximum Gasteiger partial charge on any atom is 0.416 e. The van der Waals surface area contributed by atoms with E-state index in [0.717, 1.165) is 5.56 Å². The summed E-state index contributed by atoms with van der Waals surface area (Å²) in [5, 5.41) is 6.28. The normalized spacial score (nSPS) is 12.6. The molecule has 28 heavy (non-hydrogen) atoms. The van der Waals surface area contributed by atoms with E-state index in [2.05, 4.69) is 15.5 Å². The first kappa shape index (κ1) is 19.5. The van der Waals surface area contributed by atoms with Gasteiger partial charge in [0.15, 0.2) is 0 Å². The molecule has 3 rings (SSSR count). The Morgan fingerprint density at radius 1 is 1.18 bits per heavy atom. The van der Waals surface area contributed by atoms with Gasteiger partial charge in [0, 0.05) is 18.0 Å². The van der Waals surface area contributed by atoms with Gasteiger partial charge in [0.1, 0.15) is 5.82 Å². The van der Waals surface area contributed by atoms with Crippen molar-refractivity contribution in [1.82, 2.24) is 15.5 Å². The fraction of sp³-hybridized carbons (Fsp3) is 0.211. The number of alkyl halides is 3. The number of carbonyl (C=O) groups is 1. The van der Waals surface area contributed by atoms with Crippen molar-refractivity contribution in [2.24, 2.45) is 0 Å². The van der Waals surface area contributed by atoms with Crippen molar-refractivity contribution < 1.29 is 26.9 Å². The molecule has 9 heteroatoms. The van der Waals surface area contributed by atoms with Gasteiger partial charge in [-0.3, -0.25) is 4.79 Å². The zero-order valence-electron chi connectivity index (χ0n) is 14.6. The number of rotatable bonds is 5. The molecule has 0 fully saturated rings. The van der Waals surface area contributed by atoms with Gasteiger partial charge < -0.3 is 9.84 Å². The van der Waals surface area contributed by atoms with Crippen LogP contribution in [0.15, 0.2) is 53.1 Å². The van der Waals surface area contributed by atoms with Crippen LogP contribution in [0.2, 0.25) is 0 Å². The van der Waals surface area contributed by atoms with Crippen molar-refractivity contribution in [2.45, 2.75) is 25.6 Å². The van der Waals surface area contributed by atoms with Crippen LogP contribution in [0, 0.1) is 5.82 Å². The first-order valence-electron chi connectivity index (χ1n) is 8.29. The van der Waals surface area contributed by atoms with Crippen molar-refractivity contribution >= 4 is 5.91 Å². The molecule has 3 aromatic rings. The van der Waals surface area contributed by atoms with Gasteiger partial charge in [-0.1, -0.05) is 35.5 Å². The van der Waals surface area contributed by atoms with E-state index < -0.39 is 35.1 Å². The maximum atomic E-state index is 13.8. The van der Waals surface area contributed by atoms with E-state index in [9.17, 15) is 22.4 Å². The third-order valence-corrected chi connectivity index (χ3v) is 3.90. The van der Waals surface area contributed by atoms with Crippen molar-refractivity contribution in [2.75, 3.05) is 0 Å². The predicted octanol–water partition coefficient (Wildman–Crippen LogP) is 4.26. The summed E-state index contributed by atoms with van der Waals surface area (Å²) in [5.74, 6) is -1.39. The van der Waals surface area contributed by atoms with Gasteiger partial charge in [0.05, 0.1) is 11.1 Å². The van der Waals surface area contributed by atoms with E-state index in [0.29, 0.717) is 24.0 Å². The van der Waals surface area contributed by atoms with E-state index in [1.165, 1.54) is 0 Å². The fourth-order valence-corrected chi connectivity index (χ4v) is 2.53. The minimum Gasteiger partial charge on any atom is -0.349 e. The second-order valence-electron chi connectivity index (χ2n) is 6.15. The summed E-state index contributed by atoms with van der Waals surface area (Å²) in [4.78, 5) is 16.4. The van der Waals surface area contributed by atoms with Crippen LogP contribution < -0.4 is 5.32 Å². The van der Waals surface area contributed by atoms with Gasteiger partial charge in [-0.05, 0) is 25.1 Å². The number of aromatic nitrogens is 2. The highest BCUT2D eigenvalue weighted by Crippen LogP contribution is 2.30. The monoisotopic (exact) mass is 393 g/mol. The molecule has 1 atom stereocenters. The Labute approximate surface area is 157 Å². The van der Waals surface area contributed by atoms with Gasteiger partial charge in [0.25, 0.3) is 5.91 Å². The molecular weight excluding hydrogens is 378 g/mol. The Balaban J connectivity index is 1.68. The number of hydrogen-bond donors (Lipinski definition) is 1. The van der Waals surface area contributed by atoms with Crippen LogP contribution >= 0.6 is 0 Å². The highest BCUT2D eigenvalue weighted by atomic mass is 19.4. The molecule has 0 saturated heterocycles. The van der Waals surface area contributed by atoms with E-state index in [-0.39, 0.29) is 12.3 Å². The third kappa shape index (κ3) is 4.54. The minimum atomic E-state index is -4.67. The molecule has 0 bridgehead atoms. The van der Waals surface area contributed by atoms with E-state index in [1.54, 1.807) is 19.1 Å². The Morgan fingerprint density at radius 3 is 2.57 bits per heavy atom. The molecule has 5 nitrogen and oxygen atoms in total. The zero-order chi connectivity index (χ0) is 20.3. The van der Waals surface area contributed by atoms with Crippen LogP contribution in [0.5, 0.6) is 0 Å². The lowest BCUT2D eigenvalue weighted by Crippen LogP contribution is -2.34. The van der Waals surface area contributed by atoms with Crippen molar-refractivity contribution in [3.8, 4) is 11.4 Å². The molecule has 1 aromatic heterocycles. The Bertz CT molecular complexity index is 971. The van der Waals surface area contributed by atoms with Crippen LogP contribution in [-0.2, 0) is 12.6 Å². The third-order valence-electron chi connectivity index (χ3n) is 3.90. The number of benzene rings is 2. The molecule has 0 aliphatic heterocycles. The smallest absolute Gasteiger partial charge is 0.349 e. The van der Waals surface area contributed by atoms with Crippen molar-refractivity contribution in [3.63, 3.8) is 0 Å². The van der Waals surface area contributed by atoms with Crippen LogP contribution in [0.1, 0.15) is 28.7 Å². The molecule has 0 spiro atoms. The predicted molar refractivity (Wildman–Crippen MR) is 91.8 cm³/mol. The summed E-state index contributed by atoms with van der Waals surface area (Å²) < 4.78 is 57.3. The van der Waals surface area contributed by atoms with Crippen LogP contribution in [0.25, 0.3) is 11.4 Å². The van der Waals surface area contributed by atoms with E-state index in [4.69, 9.17) is 4.52 Å². The van der Waals surface area contributed by atoms with Gasteiger partial charge >= 0.3 is 6.18 Å². The highest BCUT2D eigenvalue weighted by Gasteiger charge is 2.32. The number of nitrogens with zero attached hydrogens (tertiary/aromatic N) is 2. The van der Waals surface area contributed by atoms with Gasteiger partial charge in [-0.25, -0.2) is 4.39 Å². The lowest BCUT2D eigenvalue weighted by atomic mass is 10.1. The summed E-state index contributed by atoms with van der Waals surface area (Å²) in [6, 6.07) is 10.2. The van der Waals surface area contributed by atoms with Crippen LogP contribution in [0.4, 0.5) is 17.6 Å². The van der Waals surface area contributed by atoms with Gasteiger partial charge in [-0.15, -0.1) is 0 Å². The van der Waals surface area contributed by atoms with Crippen molar-refractivity contribution in [1.29, 1.82) is 0 Å². The molecule has 1 unspecified atom stereocenters. The summed E-state index contributed by atoms with van der Waals surface area (Å²) in [6.07, 6.45) is -4.54. The maximum absolute atomic E-state index is 13.8. The standard InChI is InChI=1S/C19H15F4N3O2/c1-11(9-16-25-17(26-28-16)12-5-3-2-4-6-12)24-18(27)14-10-13(19(21,22)23)7-8-15(14)20/h2-8,10-11H,9H2,1H3,(H,24,27). The van der Waals surface area contributed by atoms with Crippen LogP contribution in [-0.4, -0.2) is 22.1 Å². The largest absolute Gasteiger partial charge is 0.416 e. The Morgan fingerprint density at radius 2 is 1.89 bits per heavy atom. The molecule has 146 valence electrons. The van der Waals surface area contributed by atoms with Gasteiger partial charge in [0.2, 0.25) is 11.7 Å². The number of halogens is 4. The average Bonchev–Trinajstić information content (AvgIpc) is 3.10. The minimum absolute atomic E-state index is 0.131. The lowest BCUT2D eigenvalue weighted by molar-refractivity contribution is -0.137. The summed E-state index contributed by atoms with van der Waals surface area (Å²) >= 11 is 0. The quantitative estimate of drug-likeness (QED) is 0.658. The van der Waals surface area contributed by atoms with Crippen molar-refractivity contribution in [3.05, 3.63) is 71.4 Å². The highest BCUT2D eigenvalue weighted by molar-refractivity contribution is 5.94. The molecule has 0 saturated carbocycles. The topological polar surface area (TPSA) is 68.0 Å². The number of hydrogen-bond acceptors (Lipinski definition) is 4. The second-order valence-corrected chi connectivity index (χ2v) is 6.15. The van der Waals surface area contributed by atoms with Crippen LogP contribution in [0.3, 0.4) is 0 Å². The average molecular weight is 393 g/mol. The lowest BCUT2D eigenvalue weighted by Gasteiger charge is -2.13. The molecule has 1 heterocycles. The summed E-state index contributed by atoms with van der Waals surface area (Å²) in [6.45, 7) is 1.59. The number of amides is 1. The second kappa shape index (κ2) is 7.79.